The van der Waals surface area contributed by atoms with Crippen molar-refractivity contribution in [2.24, 2.45) is 4.99 Å². The van der Waals surface area contributed by atoms with E-state index in [-0.39, 0.29) is 6.42 Å². The largest absolute Gasteiger partial charge is 0.480 e. The van der Waals surface area contributed by atoms with Gasteiger partial charge in [-0.2, -0.15) is 0 Å². The summed E-state index contributed by atoms with van der Waals surface area (Å²) in [5.74, 6) is -1.39. The lowest BCUT2D eigenvalue weighted by atomic mass is 10.1. The normalized spacial score (nSPS) is 12.8. The van der Waals surface area contributed by atoms with Gasteiger partial charge >= 0.3 is 11.9 Å². The van der Waals surface area contributed by atoms with Crippen LogP contribution in [0.4, 0.5) is 0 Å². The maximum Gasteiger partial charge on any atom is 0.328 e. The van der Waals surface area contributed by atoms with E-state index in [1.165, 1.54) is 0 Å². The summed E-state index contributed by atoms with van der Waals surface area (Å²) in [4.78, 5) is 26.7. The third-order valence-corrected chi connectivity index (χ3v) is 2.64. The molecule has 0 aromatic heterocycles. The maximum atomic E-state index is 11.3. The molecule has 0 bridgehead atoms. The lowest BCUT2D eigenvalue weighted by Gasteiger charge is -2.09. The van der Waals surface area contributed by atoms with E-state index in [9.17, 15) is 14.7 Å². The Labute approximate surface area is 118 Å². The Morgan fingerprint density at radius 1 is 1.30 bits per heavy atom. The number of hydrogen-bond donors (Lipinski definition) is 1. The van der Waals surface area contributed by atoms with Crippen LogP contribution in [-0.4, -0.2) is 35.4 Å². The molecule has 1 N–H and O–H groups in total. The summed E-state index contributed by atoms with van der Waals surface area (Å²) >= 11 is 0. The van der Waals surface area contributed by atoms with E-state index in [0.717, 1.165) is 5.56 Å². The highest BCUT2D eigenvalue weighted by atomic mass is 16.5. The van der Waals surface area contributed by atoms with Gasteiger partial charge in [-0.25, -0.2) is 4.79 Å². The van der Waals surface area contributed by atoms with E-state index < -0.39 is 18.0 Å². The molecule has 0 unspecified atom stereocenters. The molecule has 20 heavy (non-hydrogen) atoms. The van der Waals surface area contributed by atoms with Gasteiger partial charge in [0, 0.05) is 12.1 Å². The molecule has 0 fully saturated rings. The van der Waals surface area contributed by atoms with Crippen LogP contribution in [0.25, 0.3) is 0 Å². The van der Waals surface area contributed by atoms with Crippen molar-refractivity contribution in [1.29, 1.82) is 0 Å². The van der Waals surface area contributed by atoms with Crippen molar-refractivity contribution < 1.29 is 19.4 Å². The Kier molecular flexibility index (Phi) is 6.43. The summed E-state index contributed by atoms with van der Waals surface area (Å²) in [7, 11) is 0. The number of carboxylic acid groups (broad SMARTS) is 1. The summed E-state index contributed by atoms with van der Waals surface area (Å²) in [6, 6.07) is 8.39. The van der Waals surface area contributed by atoms with Gasteiger partial charge in [0.1, 0.15) is 0 Å². The van der Waals surface area contributed by atoms with Crippen LogP contribution in [0.15, 0.2) is 35.3 Å². The zero-order chi connectivity index (χ0) is 15.0. The highest BCUT2D eigenvalue weighted by Crippen LogP contribution is 2.07. The van der Waals surface area contributed by atoms with Crippen LogP contribution in [0.5, 0.6) is 0 Å². The van der Waals surface area contributed by atoms with Gasteiger partial charge in [0.15, 0.2) is 6.04 Å². The third kappa shape index (κ3) is 5.65. The zero-order valence-electron chi connectivity index (χ0n) is 11.7. The van der Waals surface area contributed by atoms with Crippen LogP contribution in [0.2, 0.25) is 0 Å². The highest BCUT2D eigenvalue weighted by molar-refractivity contribution is 5.98. The number of carbonyl (C=O) groups excluding carboxylic acids is 1. The number of aliphatic carboxylic acids is 1. The molecule has 0 aliphatic heterocycles. The molecule has 1 rings (SSSR count). The van der Waals surface area contributed by atoms with Crippen molar-refractivity contribution in [2.75, 3.05) is 6.61 Å². The Hall–Kier alpha value is -2.17. The Morgan fingerprint density at radius 3 is 2.50 bits per heavy atom. The molecular weight excluding hydrogens is 258 g/mol. The standard InChI is InChI=1S/C15H19NO4/c1-3-20-14(17)9-11(2)16-13(15(18)19)10-12-7-5-4-6-8-12/h4-8,13H,3,9-10H2,1-2H3,(H,18,19)/t13-/m1/s1. The van der Waals surface area contributed by atoms with Gasteiger partial charge < -0.3 is 9.84 Å². The Balaban J connectivity index is 2.71. The van der Waals surface area contributed by atoms with Crippen molar-refractivity contribution >= 4 is 17.7 Å². The fraction of sp³-hybridized carbons (Fsp3) is 0.400. The summed E-state index contributed by atoms with van der Waals surface area (Å²) in [6.45, 7) is 3.66. The minimum absolute atomic E-state index is 0.0202. The second-order valence-electron chi connectivity index (χ2n) is 4.39. The molecular formula is C15H19NO4. The molecule has 0 heterocycles. The molecule has 0 spiro atoms. The average molecular weight is 277 g/mol. The van der Waals surface area contributed by atoms with E-state index in [2.05, 4.69) is 4.99 Å². The van der Waals surface area contributed by atoms with Crippen molar-refractivity contribution in [3.05, 3.63) is 35.9 Å². The van der Waals surface area contributed by atoms with E-state index in [1.807, 2.05) is 30.3 Å². The minimum Gasteiger partial charge on any atom is -0.480 e. The van der Waals surface area contributed by atoms with Gasteiger partial charge in [-0.3, -0.25) is 9.79 Å². The summed E-state index contributed by atoms with van der Waals surface area (Å²) in [5, 5.41) is 9.20. The van der Waals surface area contributed by atoms with Crippen LogP contribution in [0, 0.1) is 0 Å². The first-order valence-corrected chi connectivity index (χ1v) is 6.48. The minimum atomic E-state index is -1.00. The first-order valence-electron chi connectivity index (χ1n) is 6.48. The highest BCUT2D eigenvalue weighted by Gasteiger charge is 2.17. The number of hydrogen-bond acceptors (Lipinski definition) is 4. The summed E-state index contributed by atoms with van der Waals surface area (Å²) in [5.41, 5.74) is 1.36. The van der Waals surface area contributed by atoms with Crippen LogP contribution in [-0.2, 0) is 20.7 Å². The number of carboxylic acids is 1. The predicted molar refractivity (Wildman–Crippen MR) is 75.9 cm³/mol. The number of rotatable bonds is 7. The molecule has 5 heteroatoms. The lowest BCUT2D eigenvalue weighted by molar-refractivity contribution is -0.142. The molecule has 0 amide bonds. The van der Waals surface area contributed by atoms with Crippen molar-refractivity contribution in [2.45, 2.75) is 32.7 Å². The number of carbonyl (C=O) groups is 2. The quantitative estimate of drug-likeness (QED) is 0.611. The molecule has 5 nitrogen and oxygen atoms in total. The molecule has 108 valence electrons. The number of nitrogens with zero attached hydrogens (tertiary/aromatic N) is 1. The van der Waals surface area contributed by atoms with Gasteiger partial charge in [0.2, 0.25) is 0 Å². The number of benzene rings is 1. The molecule has 1 atom stereocenters. The van der Waals surface area contributed by atoms with E-state index >= 15 is 0 Å². The van der Waals surface area contributed by atoms with Gasteiger partial charge in [-0.15, -0.1) is 0 Å². The first-order chi connectivity index (χ1) is 9.52. The number of esters is 1. The van der Waals surface area contributed by atoms with E-state index in [0.29, 0.717) is 18.7 Å². The molecule has 0 saturated heterocycles. The van der Waals surface area contributed by atoms with Gasteiger partial charge in [-0.1, -0.05) is 30.3 Å². The molecule has 1 aromatic rings. The molecule has 0 aliphatic rings. The number of ether oxygens (including phenoxy) is 1. The smallest absolute Gasteiger partial charge is 0.328 e. The van der Waals surface area contributed by atoms with Crippen LogP contribution < -0.4 is 0 Å². The van der Waals surface area contributed by atoms with Gasteiger partial charge in [0.25, 0.3) is 0 Å². The monoisotopic (exact) mass is 277 g/mol. The van der Waals surface area contributed by atoms with E-state index in [4.69, 9.17) is 4.74 Å². The van der Waals surface area contributed by atoms with Crippen LogP contribution >= 0.6 is 0 Å². The second kappa shape index (κ2) is 8.09. The Bertz CT molecular complexity index is 482. The summed E-state index contributed by atoms with van der Waals surface area (Å²) < 4.78 is 4.81. The van der Waals surface area contributed by atoms with Crippen molar-refractivity contribution in [1.82, 2.24) is 0 Å². The zero-order valence-corrected chi connectivity index (χ0v) is 11.7. The SMILES string of the molecule is CCOC(=O)CC(C)=N[C@H](Cc1ccccc1)C(=O)O. The molecule has 0 radical (unpaired) electrons. The van der Waals surface area contributed by atoms with Crippen molar-refractivity contribution in [3.63, 3.8) is 0 Å². The summed E-state index contributed by atoms with van der Waals surface area (Å²) in [6.07, 6.45) is 0.322. The molecule has 1 aromatic carbocycles. The topological polar surface area (TPSA) is 76.0 Å². The van der Waals surface area contributed by atoms with Crippen LogP contribution in [0.3, 0.4) is 0 Å². The molecule has 0 saturated carbocycles. The Morgan fingerprint density at radius 2 is 1.95 bits per heavy atom. The van der Waals surface area contributed by atoms with Crippen molar-refractivity contribution in [3.8, 4) is 0 Å². The number of aliphatic imine (C=N–C) groups is 1. The lowest BCUT2D eigenvalue weighted by Crippen LogP contribution is -2.23. The van der Waals surface area contributed by atoms with Crippen LogP contribution in [0.1, 0.15) is 25.8 Å². The predicted octanol–water partition coefficient (Wildman–Crippen LogP) is 2.10. The first kappa shape index (κ1) is 15.9. The van der Waals surface area contributed by atoms with E-state index in [1.54, 1.807) is 13.8 Å². The van der Waals surface area contributed by atoms with Gasteiger partial charge in [-0.05, 0) is 19.4 Å². The fourth-order valence-electron chi connectivity index (χ4n) is 1.76. The second-order valence-corrected chi connectivity index (χ2v) is 4.39. The maximum absolute atomic E-state index is 11.3. The fourth-order valence-corrected chi connectivity index (χ4v) is 1.76. The molecule has 0 aliphatic carbocycles. The van der Waals surface area contributed by atoms with Gasteiger partial charge in [0.05, 0.1) is 13.0 Å². The third-order valence-electron chi connectivity index (χ3n) is 2.64. The average Bonchev–Trinajstić information content (AvgIpc) is 2.39.